The average Bonchev–Trinajstić information content (AvgIpc) is 3.35. The topological polar surface area (TPSA) is 65.2 Å². The van der Waals surface area contributed by atoms with Crippen molar-refractivity contribution in [1.82, 2.24) is 19.4 Å². The third-order valence-corrected chi connectivity index (χ3v) is 7.98. The van der Waals surface area contributed by atoms with Crippen molar-refractivity contribution in [2.24, 2.45) is 0 Å². The molecule has 0 spiro atoms. The van der Waals surface area contributed by atoms with Crippen molar-refractivity contribution in [3.63, 3.8) is 0 Å². The number of nitriles is 1. The van der Waals surface area contributed by atoms with Gasteiger partial charge in [0.05, 0.1) is 34.6 Å². The first-order valence-electron chi connectivity index (χ1n) is 13.6. The molecule has 0 aliphatic carbocycles. The van der Waals surface area contributed by atoms with Crippen LogP contribution < -0.4 is 0 Å². The standard InChI is InChI=1S/C32H34FN5O/c1-22(2)36(3)32(39)28-18-26(33)7-8-30(28)38-21-29(27-9-13-35-20-31(27)38)25-11-15-37(16-12-25)14-10-23-5-4-6-24(17-23)19-34/h4-9,13,17-18,20-22,25H,10-12,14-16H2,1-3H3. The predicted molar refractivity (Wildman–Crippen MR) is 152 cm³/mol. The molecule has 4 aromatic rings. The first-order valence-corrected chi connectivity index (χ1v) is 13.6. The van der Waals surface area contributed by atoms with Gasteiger partial charge in [0.25, 0.3) is 5.91 Å². The Morgan fingerprint density at radius 2 is 1.97 bits per heavy atom. The van der Waals surface area contributed by atoms with E-state index in [0.717, 1.165) is 49.8 Å². The van der Waals surface area contributed by atoms with Gasteiger partial charge in [0, 0.05) is 37.4 Å². The SMILES string of the molecule is CC(C)N(C)C(=O)c1cc(F)ccc1-n1cc(C2CCN(CCc3cccc(C#N)c3)CC2)c2ccncc21. The lowest BCUT2D eigenvalue weighted by Crippen LogP contribution is -2.34. The molecular weight excluding hydrogens is 489 g/mol. The molecule has 0 unspecified atom stereocenters. The number of benzene rings is 2. The van der Waals surface area contributed by atoms with Gasteiger partial charge in [-0.1, -0.05) is 12.1 Å². The van der Waals surface area contributed by atoms with E-state index in [2.05, 4.69) is 28.2 Å². The van der Waals surface area contributed by atoms with Crippen LogP contribution in [0.15, 0.2) is 67.1 Å². The summed E-state index contributed by atoms with van der Waals surface area (Å²) in [6.45, 7) is 6.86. The number of hydrogen-bond donors (Lipinski definition) is 0. The lowest BCUT2D eigenvalue weighted by molar-refractivity contribution is 0.0754. The largest absolute Gasteiger partial charge is 0.339 e. The van der Waals surface area contributed by atoms with Gasteiger partial charge < -0.3 is 14.4 Å². The van der Waals surface area contributed by atoms with Crippen molar-refractivity contribution in [3.8, 4) is 11.8 Å². The fraction of sp³-hybridized carbons (Fsp3) is 0.344. The predicted octanol–water partition coefficient (Wildman–Crippen LogP) is 5.94. The third-order valence-electron chi connectivity index (χ3n) is 7.98. The van der Waals surface area contributed by atoms with Crippen LogP contribution >= 0.6 is 0 Å². The maximum atomic E-state index is 14.3. The van der Waals surface area contributed by atoms with Gasteiger partial charge in [0.1, 0.15) is 5.82 Å². The van der Waals surface area contributed by atoms with Crippen molar-refractivity contribution >= 4 is 16.8 Å². The summed E-state index contributed by atoms with van der Waals surface area (Å²) in [5.41, 5.74) is 5.07. The molecule has 6 nitrogen and oxygen atoms in total. The molecule has 0 N–H and O–H groups in total. The molecule has 3 heterocycles. The number of hydrogen-bond acceptors (Lipinski definition) is 4. The summed E-state index contributed by atoms with van der Waals surface area (Å²) >= 11 is 0. The van der Waals surface area contributed by atoms with Gasteiger partial charge in [-0.3, -0.25) is 9.78 Å². The molecule has 0 bridgehead atoms. The van der Waals surface area contributed by atoms with Crippen LogP contribution in [0.2, 0.25) is 0 Å². The van der Waals surface area contributed by atoms with Crippen LogP contribution in [-0.2, 0) is 6.42 Å². The highest BCUT2D eigenvalue weighted by Gasteiger charge is 2.26. The van der Waals surface area contributed by atoms with E-state index < -0.39 is 5.82 Å². The molecule has 7 heteroatoms. The van der Waals surface area contributed by atoms with Crippen molar-refractivity contribution in [2.75, 3.05) is 26.7 Å². The summed E-state index contributed by atoms with van der Waals surface area (Å²) in [6, 6.07) is 16.5. The van der Waals surface area contributed by atoms with E-state index in [1.165, 1.54) is 23.3 Å². The van der Waals surface area contributed by atoms with Gasteiger partial charge in [0.2, 0.25) is 0 Å². The fourth-order valence-electron chi connectivity index (χ4n) is 5.49. The van der Waals surface area contributed by atoms with E-state index in [1.807, 2.05) is 55.1 Å². The van der Waals surface area contributed by atoms with Crippen LogP contribution in [-0.4, -0.2) is 58.0 Å². The lowest BCUT2D eigenvalue weighted by atomic mass is 9.89. The van der Waals surface area contributed by atoms with E-state index in [9.17, 15) is 9.18 Å². The van der Waals surface area contributed by atoms with Gasteiger partial charge in [-0.25, -0.2) is 4.39 Å². The highest BCUT2D eigenvalue weighted by atomic mass is 19.1. The molecule has 200 valence electrons. The maximum absolute atomic E-state index is 14.3. The Labute approximate surface area is 229 Å². The normalized spacial score (nSPS) is 14.6. The van der Waals surface area contributed by atoms with Gasteiger partial charge in [0.15, 0.2) is 0 Å². The monoisotopic (exact) mass is 523 g/mol. The van der Waals surface area contributed by atoms with Crippen LogP contribution in [0.3, 0.4) is 0 Å². The zero-order chi connectivity index (χ0) is 27.5. The van der Waals surface area contributed by atoms with E-state index >= 15 is 0 Å². The van der Waals surface area contributed by atoms with Crippen LogP contribution in [0, 0.1) is 17.1 Å². The Bertz CT molecular complexity index is 1530. The molecule has 1 saturated heterocycles. The summed E-state index contributed by atoms with van der Waals surface area (Å²) in [7, 11) is 1.75. The molecular formula is C32H34FN5O. The Balaban J connectivity index is 1.38. The van der Waals surface area contributed by atoms with Crippen molar-refractivity contribution in [3.05, 3.63) is 95.2 Å². The Morgan fingerprint density at radius 1 is 1.18 bits per heavy atom. The summed E-state index contributed by atoms with van der Waals surface area (Å²) in [6.07, 6.45) is 8.75. The van der Waals surface area contributed by atoms with Gasteiger partial charge >= 0.3 is 0 Å². The number of rotatable bonds is 7. The highest BCUT2D eigenvalue weighted by molar-refractivity contribution is 5.99. The number of fused-ring (bicyclic) bond motifs is 1. The number of likely N-dealkylation sites (tertiary alicyclic amines) is 1. The number of pyridine rings is 1. The van der Waals surface area contributed by atoms with Gasteiger partial charge in [-0.2, -0.15) is 5.26 Å². The zero-order valence-corrected chi connectivity index (χ0v) is 22.8. The second kappa shape index (κ2) is 11.4. The first kappa shape index (κ1) is 26.6. The quantitative estimate of drug-likeness (QED) is 0.301. The zero-order valence-electron chi connectivity index (χ0n) is 22.8. The van der Waals surface area contributed by atoms with Crippen LogP contribution in [0.5, 0.6) is 0 Å². The second-order valence-electron chi connectivity index (χ2n) is 10.7. The molecule has 2 aromatic carbocycles. The minimum Gasteiger partial charge on any atom is -0.339 e. The number of amides is 1. The number of nitrogens with zero attached hydrogens (tertiary/aromatic N) is 5. The van der Waals surface area contributed by atoms with E-state index in [0.29, 0.717) is 22.7 Å². The molecule has 39 heavy (non-hydrogen) atoms. The summed E-state index contributed by atoms with van der Waals surface area (Å²) in [5.74, 6) is -0.256. The second-order valence-corrected chi connectivity index (χ2v) is 10.7. The number of aromatic nitrogens is 2. The fourth-order valence-corrected chi connectivity index (χ4v) is 5.49. The summed E-state index contributed by atoms with van der Waals surface area (Å²) in [4.78, 5) is 21.8. The summed E-state index contributed by atoms with van der Waals surface area (Å²) in [5, 5.41) is 10.3. The van der Waals surface area contributed by atoms with E-state index in [4.69, 9.17) is 5.26 Å². The smallest absolute Gasteiger partial charge is 0.256 e. The van der Waals surface area contributed by atoms with Gasteiger partial charge in [-0.05, 0) is 99.6 Å². The molecule has 1 aliphatic heterocycles. The van der Waals surface area contributed by atoms with Gasteiger partial charge in [-0.15, -0.1) is 0 Å². The first-order chi connectivity index (χ1) is 18.9. The van der Waals surface area contributed by atoms with E-state index in [-0.39, 0.29) is 11.9 Å². The van der Waals surface area contributed by atoms with Crippen LogP contribution in [0.1, 0.15) is 59.7 Å². The Morgan fingerprint density at radius 3 is 2.72 bits per heavy atom. The molecule has 1 aliphatic rings. The minimum atomic E-state index is -0.430. The number of piperidine rings is 1. The Kier molecular flexibility index (Phi) is 7.76. The van der Waals surface area contributed by atoms with Crippen molar-refractivity contribution < 1.29 is 9.18 Å². The van der Waals surface area contributed by atoms with Crippen molar-refractivity contribution in [1.29, 1.82) is 5.26 Å². The lowest BCUT2D eigenvalue weighted by Gasteiger charge is -2.32. The van der Waals surface area contributed by atoms with Crippen molar-refractivity contribution in [2.45, 2.75) is 45.1 Å². The maximum Gasteiger partial charge on any atom is 0.256 e. The molecule has 2 aromatic heterocycles. The number of halogens is 1. The molecule has 0 radical (unpaired) electrons. The van der Waals surface area contributed by atoms with E-state index in [1.54, 1.807) is 18.0 Å². The van der Waals surface area contributed by atoms with Crippen LogP contribution in [0.25, 0.3) is 16.6 Å². The third kappa shape index (κ3) is 5.57. The molecule has 1 fully saturated rings. The average molecular weight is 524 g/mol. The Hall–Kier alpha value is -4.02. The van der Waals surface area contributed by atoms with Crippen LogP contribution in [0.4, 0.5) is 4.39 Å². The summed E-state index contributed by atoms with van der Waals surface area (Å²) < 4.78 is 16.3. The molecule has 0 saturated carbocycles. The highest BCUT2D eigenvalue weighted by Crippen LogP contribution is 2.36. The molecule has 0 atom stereocenters. The molecule has 5 rings (SSSR count). The number of carbonyl (C=O) groups is 1. The minimum absolute atomic E-state index is 0.00674. The number of carbonyl (C=O) groups excluding carboxylic acids is 1. The molecule has 1 amide bonds.